The Morgan fingerprint density at radius 1 is 1.37 bits per heavy atom. The van der Waals surface area contributed by atoms with Crippen LogP contribution in [0.2, 0.25) is 5.02 Å². The maximum atomic E-state index is 13.9. The maximum absolute atomic E-state index is 13.9. The molecule has 0 spiro atoms. The number of halogens is 2. The van der Waals surface area contributed by atoms with Crippen LogP contribution in [0, 0.1) is 5.82 Å². The van der Waals surface area contributed by atoms with Gasteiger partial charge in [0.25, 0.3) is 0 Å². The molecular weight excluding hydrogens is 283 g/mol. The summed E-state index contributed by atoms with van der Waals surface area (Å²) in [6, 6.07) is 8.54. The smallest absolute Gasteiger partial charge is 0.137 e. The number of nitrogens with zero attached hydrogens (tertiary/aromatic N) is 1. The van der Waals surface area contributed by atoms with E-state index in [4.69, 9.17) is 17.3 Å². The van der Waals surface area contributed by atoms with E-state index in [1.807, 2.05) is 13.0 Å². The molecule has 2 rings (SSSR count). The standard InChI is InChI=1S/C14H14ClFN2S/c1-9(17)7-10-3-2-4-12(16)14(10)19-13-6-5-11(15)8-18-13/h2-6,8-9H,7,17H2,1H3. The zero-order valence-electron chi connectivity index (χ0n) is 10.4. The van der Waals surface area contributed by atoms with Gasteiger partial charge in [-0.25, -0.2) is 9.37 Å². The molecule has 2 aromatic rings. The average Bonchev–Trinajstić information content (AvgIpc) is 2.35. The predicted octanol–water partition coefficient (Wildman–Crippen LogP) is 3.92. The maximum Gasteiger partial charge on any atom is 0.137 e. The minimum atomic E-state index is -0.250. The Hall–Kier alpha value is -1.10. The molecule has 19 heavy (non-hydrogen) atoms. The summed E-state index contributed by atoms with van der Waals surface area (Å²) >= 11 is 7.07. The summed E-state index contributed by atoms with van der Waals surface area (Å²) in [5.41, 5.74) is 6.69. The number of pyridine rings is 1. The molecular formula is C14H14ClFN2S. The van der Waals surface area contributed by atoms with Gasteiger partial charge in [-0.1, -0.05) is 35.5 Å². The Morgan fingerprint density at radius 2 is 2.16 bits per heavy atom. The third kappa shape index (κ3) is 3.93. The molecule has 0 saturated heterocycles. The molecule has 2 N–H and O–H groups in total. The van der Waals surface area contributed by atoms with E-state index in [1.165, 1.54) is 17.8 Å². The monoisotopic (exact) mass is 296 g/mol. The van der Waals surface area contributed by atoms with E-state index in [9.17, 15) is 4.39 Å². The van der Waals surface area contributed by atoms with Crippen LogP contribution in [0.4, 0.5) is 4.39 Å². The molecule has 0 fully saturated rings. The predicted molar refractivity (Wildman–Crippen MR) is 77.1 cm³/mol. The number of benzene rings is 1. The lowest BCUT2D eigenvalue weighted by molar-refractivity contribution is 0.592. The third-order valence-electron chi connectivity index (χ3n) is 2.50. The summed E-state index contributed by atoms with van der Waals surface area (Å²) in [6.07, 6.45) is 2.18. The molecule has 2 nitrogen and oxygen atoms in total. The summed E-state index contributed by atoms with van der Waals surface area (Å²) in [4.78, 5) is 4.75. The van der Waals surface area contributed by atoms with Crippen LogP contribution < -0.4 is 5.73 Å². The second kappa shape index (κ2) is 6.37. The number of hydrogen-bond donors (Lipinski definition) is 1. The van der Waals surface area contributed by atoms with E-state index < -0.39 is 0 Å². The van der Waals surface area contributed by atoms with Gasteiger partial charge in [0.2, 0.25) is 0 Å². The first-order chi connectivity index (χ1) is 9.06. The molecule has 1 aromatic carbocycles. The molecule has 0 aliphatic carbocycles. The van der Waals surface area contributed by atoms with Gasteiger partial charge in [0.15, 0.2) is 0 Å². The van der Waals surface area contributed by atoms with Crippen molar-refractivity contribution in [2.45, 2.75) is 29.3 Å². The van der Waals surface area contributed by atoms with Crippen LogP contribution in [-0.4, -0.2) is 11.0 Å². The van der Waals surface area contributed by atoms with Gasteiger partial charge in [-0.15, -0.1) is 0 Å². The van der Waals surface area contributed by atoms with Gasteiger partial charge in [0.1, 0.15) is 10.8 Å². The molecule has 0 saturated carbocycles. The molecule has 0 amide bonds. The van der Waals surface area contributed by atoms with Gasteiger partial charge >= 0.3 is 0 Å². The highest BCUT2D eigenvalue weighted by Crippen LogP contribution is 2.32. The fraction of sp³-hybridized carbons (Fsp3) is 0.214. The second-order valence-corrected chi connectivity index (χ2v) is 5.79. The molecule has 0 aliphatic rings. The first-order valence-electron chi connectivity index (χ1n) is 5.88. The molecule has 0 radical (unpaired) electrons. The topological polar surface area (TPSA) is 38.9 Å². The number of aromatic nitrogens is 1. The average molecular weight is 297 g/mol. The number of nitrogens with two attached hydrogens (primary N) is 1. The lowest BCUT2D eigenvalue weighted by Gasteiger charge is -2.11. The van der Waals surface area contributed by atoms with Gasteiger partial charge in [0.05, 0.1) is 9.92 Å². The normalized spacial score (nSPS) is 12.4. The molecule has 1 unspecified atom stereocenters. The molecule has 0 bridgehead atoms. The van der Waals surface area contributed by atoms with Crippen LogP contribution in [-0.2, 0) is 6.42 Å². The van der Waals surface area contributed by atoms with Crippen molar-refractivity contribution in [3.8, 4) is 0 Å². The summed E-state index contributed by atoms with van der Waals surface area (Å²) in [5.74, 6) is -0.250. The molecule has 1 heterocycles. The van der Waals surface area contributed by atoms with Crippen LogP contribution in [0.15, 0.2) is 46.5 Å². The first-order valence-corrected chi connectivity index (χ1v) is 7.08. The molecule has 0 aliphatic heterocycles. The quantitative estimate of drug-likeness (QED) is 0.929. The summed E-state index contributed by atoms with van der Waals surface area (Å²) in [6.45, 7) is 1.90. The highest BCUT2D eigenvalue weighted by Gasteiger charge is 2.12. The van der Waals surface area contributed by atoms with E-state index >= 15 is 0 Å². The molecule has 1 atom stereocenters. The van der Waals surface area contributed by atoms with Crippen LogP contribution in [0.25, 0.3) is 0 Å². The van der Waals surface area contributed by atoms with E-state index in [1.54, 1.807) is 24.4 Å². The Balaban J connectivity index is 2.30. The SMILES string of the molecule is CC(N)Cc1cccc(F)c1Sc1ccc(Cl)cn1. The lowest BCUT2D eigenvalue weighted by Crippen LogP contribution is -2.18. The van der Waals surface area contributed by atoms with Crippen LogP contribution in [0.3, 0.4) is 0 Å². The Kier molecular flexibility index (Phi) is 4.80. The van der Waals surface area contributed by atoms with Gasteiger partial charge in [-0.3, -0.25) is 0 Å². The van der Waals surface area contributed by atoms with Crippen molar-refractivity contribution in [2.75, 3.05) is 0 Å². The van der Waals surface area contributed by atoms with Crippen LogP contribution in [0.5, 0.6) is 0 Å². The summed E-state index contributed by atoms with van der Waals surface area (Å²) in [5, 5.41) is 1.27. The van der Waals surface area contributed by atoms with E-state index in [-0.39, 0.29) is 11.9 Å². The Bertz CT molecular complexity index is 558. The van der Waals surface area contributed by atoms with Crippen LogP contribution >= 0.6 is 23.4 Å². The fourth-order valence-electron chi connectivity index (χ4n) is 1.70. The van der Waals surface area contributed by atoms with E-state index in [0.717, 1.165) is 5.56 Å². The van der Waals surface area contributed by atoms with Gasteiger partial charge < -0.3 is 5.73 Å². The number of rotatable bonds is 4. The van der Waals surface area contributed by atoms with E-state index in [2.05, 4.69) is 4.98 Å². The van der Waals surface area contributed by atoms with Crippen molar-refractivity contribution in [1.82, 2.24) is 4.98 Å². The first kappa shape index (κ1) is 14.3. The van der Waals surface area contributed by atoms with Crippen molar-refractivity contribution in [2.24, 2.45) is 5.73 Å². The number of hydrogen-bond acceptors (Lipinski definition) is 3. The molecule has 100 valence electrons. The zero-order valence-corrected chi connectivity index (χ0v) is 12.0. The van der Waals surface area contributed by atoms with Gasteiger partial charge in [0, 0.05) is 12.2 Å². The Labute approximate surface area is 121 Å². The lowest BCUT2D eigenvalue weighted by atomic mass is 10.1. The van der Waals surface area contributed by atoms with Crippen molar-refractivity contribution < 1.29 is 4.39 Å². The van der Waals surface area contributed by atoms with Crippen molar-refractivity contribution in [3.05, 3.63) is 52.9 Å². The fourth-order valence-corrected chi connectivity index (χ4v) is 2.71. The third-order valence-corrected chi connectivity index (χ3v) is 3.83. The summed E-state index contributed by atoms with van der Waals surface area (Å²) in [7, 11) is 0. The van der Waals surface area contributed by atoms with Crippen molar-refractivity contribution >= 4 is 23.4 Å². The molecule has 5 heteroatoms. The zero-order chi connectivity index (χ0) is 13.8. The minimum Gasteiger partial charge on any atom is -0.328 e. The van der Waals surface area contributed by atoms with Crippen LogP contribution in [0.1, 0.15) is 12.5 Å². The van der Waals surface area contributed by atoms with Gasteiger partial charge in [-0.05, 0) is 37.1 Å². The summed E-state index contributed by atoms with van der Waals surface area (Å²) < 4.78 is 13.9. The molecule has 1 aromatic heterocycles. The van der Waals surface area contributed by atoms with E-state index in [0.29, 0.717) is 21.4 Å². The van der Waals surface area contributed by atoms with Crippen molar-refractivity contribution in [3.63, 3.8) is 0 Å². The highest BCUT2D eigenvalue weighted by atomic mass is 35.5. The van der Waals surface area contributed by atoms with Crippen molar-refractivity contribution in [1.29, 1.82) is 0 Å². The Morgan fingerprint density at radius 3 is 2.79 bits per heavy atom. The highest BCUT2D eigenvalue weighted by molar-refractivity contribution is 7.99. The second-order valence-electron chi connectivity index (χ2n) is 4.33. The minimum absolute atomic E-state index is 0.0145. The van der Waals surface area contributed by atoms with Gasteiger partial charge in [-0.2, -0.15) is 0 Å². The largest absolute Gasteiger partial charge is 0.328 e.